The number of aromatic nitrogens is 4. The molecule has 0 bridgehead atoms. The maximum atomic E-state index is 14.1. The van der Waals surface area contributed by atoms with Crippen LogP contribution in [0.3, 0.4) is 0 Å². The van der Waals surface area contributed by atoms with Crippen LogP contribution >= 0.6 is 15.9 Å². The third-order valence-corrected chi connectivity index (χ3v) is 5.10. The molecule has 0 amide bonds. The number of ether oxygens (including phenoxy) is 1. The van der Waals surface area contributed by atoms with Gasteiger partial charge >= 0.3 is 0 Å². The number of halogens is 3. The summed E-state index contributed by atoms with van der Waals surface area (Å²) < 4.78 is 34.9. The zero-order valence-electron chi connectivity index (χ0n) is 14.6. The molecule has 3 aromatic rings. The first-order valence-corrected chi connectivity index (χ1v) is 9.40. The lowest BCUT2D eigenvalue weighted by molar-refractivity contribution is 0.410. The summed E-state index contributed by atoms with van der Waals surface area (Å²) in [6.45, 7) is 0.150. The third kappa shape index (κ3) is 4.00. The number of nitrogens with zero attached hydrogens (tertiary/aromatic N) is 4. The highest BCUT2D eigenvalue weighted by Gasteiger charge is 2.25. The van der Waals surface area contributed by atoms with Gasteiger partial charge in [0.15, 0.2) is 17.4 Å². The molecule has 1 saturated carbocycles. The molecular weight excluding hydrogens is 418 g/mol. The van der Waals surface area contributed by atoms with E-state index < -0.39 is 11.6 Å². The van der Waals surface area contributed by atoms with Crippen molar-refractivity contribution in [2.24, 2.45) is 5.92 Å². The van der Waals surface area contributed by atoms with Crippen LogP contribution in [0.25, 0.3) is 11.4 Å². The Kier molecular flexibility index (Phi) is 4.90. The number of methoxy groups -OCH3 is 1. The summed E-state index contributed by atoms with van der Waals surface area (Å²) in [6.07, 6.45) is 4.83. The number of rotatable bonds is 6. The Bertz CT molecular complexity index is 988. The number of benzene rings is 1. The van der Waals surface area contributed by atoms with Gasteiger partial charge in [-0.1, -0.05) is 6.07 Å². The second-order valence-corrected chi connectivity index (χ2v) is 7.36. The topological polar surface area (TPSA) is 52.8 Å². The third-order valence-electron chi connectivity index (χ3n) is 4.50. The zero-order valence-corrected chi connectivity index (χ0v) is 16.2. The molecule has 0 unspecified atom stereocenters. The number of hydrogen-bond acceptors (Lipinski definition) is 4. The highest BCUT2D eigenvalue weighted by atomic mass is 79.9. The van der Waals surface area contributed by atoms with Gasteiger partial charge in [-0.3, -0.25) is 0 Å². The van der Waals surface area contributed by atoms with Crippen molar-refractivity contribution in [2.45, 2.75) is 25.8 Å². The first-order chi connectivity index (χ1) is 13.0. The van der Waals surface area contributed by atoms with Crippen molar-refractivity contribution in [1.29, 1.82) is 0 Å². The predicted octanol–water partition coefficient (Wildman–Crippen LogP) is 4.39. The maximum Gasteiger partial charge on any atom is 0.160 e. The normalized spacial score (nSPS) is 13.8. The fraction of sp³-hybridized carbons (Fsp3) is 0.316. The van der Waals surface area contributed by atoms with Gasteiger partial charge in [-0.15, -0.1) is 0 Å². The van der Waals surface area contributed by atoms with Gasteiger partial charge in [0.2, 0.25) is 0 Å². The van der Waals surface area contributed by atoms with E-state index in [-0.39, 0.29) is 6.54 Å². The van der Waals surface area contributed by atoms with E-state index in [2.05, 4.69) is 31.0 Å². The largest absolute Gasteiger partial charge is 0.494 e. The van der Waals surface area contributed by atoms with Gasteiger partial charge < -0.3 is 4.74 Å². The van der Waals surface area contributed by atoms with E-state index in [1.54, 1.807) is 24.1 Å². The van der Waals surface area contributed by atoms with E-state index in [1.165, 1.54) is 25.0 Å². The summed E-state index contributed by atoms with van der Waals surface area (Å²) in [5.41, 5.74) is 1.06. The first kappa shape index (κ1) is 18.0. The van der Waals surface area contributed by atoms with E-state index in [0.29, 0.717) is 33.2 Å². The highest BCUT2D eigenvalue weighted by Crippen LogP contribution is 2.33. The SMILES string of the molecule is COc1cc(-c2nc(CC3CC3)nn2Cc2ccc(F)cc2F)cnc1Br. The lowest BCUT2D eigenvalue weighted by Gasteiger charge is -2.09. The molecule has 0 atom stereocenters. The van der Waals surface area contributed by atoms with Crippen LogP contribution in [0.1, 0.15) is 24.2 Å². The quantitative estimate of drug-likeness (QED) is 0.539. The van der Waals surface area contributed by atoms with Gasteiger partial charge in [0, 0.05) is 29.8 Å². The minimum atomic E-state index is -0.605. The maximum absolute atomic E-state index is 14.1. The molecular formula is C19H17BrF2N4O. The zero-order chi connectivity index (χ0) is 19.0. The molecule has 4 rings (SSSR count). The fourth-order valence-electron chi connectivity index (χ4n) is 2.88. The second kappa shape index (κ2) is 7.34. The molecule has 1 aromatic carbocycles. The summed E-state index contributed by atoms with van der Waals surface area (Å²) in [5, 5.41) is 4.57. The second-order valence-electron chi connectivity index (χ2n) is 6.61. The van der Waals surface area contributed by atoms with Crippen LogP contribution in [0.15, 0.2) is 35.1 Å². The number of hydrogen-bond donors (Lipinski definition) is 0. The standard InChI is InChI=1S/C19H17BrF2N4O/c1-27-16-7-13(9-23-18(16)20)19-24-17(6-11-2-3-11)25-26(19)10-12-4-5-14(21)8-15(12)22/h4-5,7-9,11H,2-3,6,10H2,1H3. The number of pyridine rings is 1. The average Bonchev–Trinajstić information content (AvgIpc) is 3.37. The Morgan fingerprint density at radius 3 is 2.78 bits per heavy atom. The monoisotopic (exact) mass is 434 g/mol. The van der Waals surface area contributed by atoms with Crippen molar-refractivity contribution in [3.63, 3.8) is 0 Å². The van der Waals surface area contributed by atoms with Gasteiger partial charge in [0.05, 0.1) is 13.7 Å². The van der Waals surface area contributed by atoms with Crippen molar-refractivity contribution >= 4 is 15.9 Å². The van der Waals surface area contributed by atoms with Gasteiger partial charge in [0.25, 0.3) is 0 Å². The molecule has 0 aliphatic heterocycles. The Hall–Kier alpha value is -2.35. The smallest absolute Gasteiger partial charge is 0.160 e. The van der Waals surface area contributed by atoms with E-state index >= 15 is 0 Å². The Morgan fingerprint density at radius 2 is 2.07 bits per heavy atom. The predicted molar refractivity (Wildman–Crippen MR) is 99.4 cm³/mol. The molecule has 8 heteroatoms. The fourth-order valence-corrected chi connectivity index (χ4v) is 3.26. The molecule has 1 fully saturated rings. The van der Waals surface area contributed by atoms with Crippen LogP contribution in [0.4, 0.5) is 8.78 Å². The molecule has 5 nitrogen and oxygen atoms in total. The molecule has 2 aromatic heterocycles. The molecule has 27 heavy (non-hydrogen) atoms. The van der Waals surface area contributed by atoms with Crippen LogP contribution in [0, 0.1) is 17.6 Å². The minimum Gasteiger partial charge on any atom is -0.494 e. The lowest BCUT2D eigenvalue weighted by Crippen LogP contribution is -2.07. The van der Waals surface area contributed by atoms with E-state index in [1.807, 2.05) is 0 Å². The van der Waals surface area contributed by atoms with Crippen LogP contribution < -0.4 is 4.74 Å². The molecule has 1 aliphatic rings. The van der Waals surface area contributed by atoms with Crippen LogP contribution in [0.2, 0.25) is 0 Å². The van der Waals surface area contributed by atoms with Gasteiger partial charge in [-0.25, -0.2) is 23.4 Å². The minimum absolute atomic E-state index is 0.150. The van der Waals surface area contributed by atoms with E-state index in [9.17, 15) is 8.78 Å². The Labute approximate surface area is 163 Å². The van der Waals surface area contributed by atoms with Crippen molar-refractivity contribution < 1.29 is 13.5 Å². The first-order valence-electron chi connectivity index (χ1n) is 8.61. The Morgan fingerprint density at radius 1 is 1.26 bits per heavy atom. The molecule has 0 radical (unpaired) electrons. The van der Waals surface area contributed by atoms with Gasteiger partial charge in [-0.05, 0) is 46.8 Å². The molecule has 2 heterocycles. The molecule has 0 N–H and O–H groups in total. The Balaban J connectivity index is 1.73. The van der Waals surface area contributed by atoms with Crippen LogP contribution in [-0.4, -0.2) is 26.9 Å². The van der Waals surface area contributed by atoms with Crippen molar-refractivity contribution in [2.75, 3.05) is 7.11 Å². The van der Waals surface area contributed by atoms with E-state index in [0.717, 1.165) is 18.3 Å². The summed E-state index contributed by atoms with van der Waals surface area (Å²) in [6, 6.07) is 5.35. The van der Waals surface area contributed by atoms with E-state index in [4.69, 9.17) is 4.74 Å². The highest BCUT2D eigenvalue weighted by molar-refractivity contribution is 9.10. The summed E-state index contributed by atoms with van der Waals surface area (Å²) in [7, 11) is 1.56. The average molecular weight is 435 g/mol. The lowest BCUT2D eigenvalue weighted by atomic mass is 10.2. The summed E-state index contributed by atoms with van der Waals surface area (Å²) in [5.74, 6) is 1.27. The van der Waals surface area contributed by atoms with Crippen molar-refractivity contribution in [3.05, 3.63) is 58.1 Å². The van der Waals surface area contributed by atoms with Crippen LogP contribution in [0.5, 0.6) is 5.75 Å². The molecule has 140 valence electrons. The van der Waals surface area contributed by atoms with Gasteiger partial charge in [0.1, 0.15) is 16.2 Å². The summed E-state index contributed by atoms with van der Waals surface area (Å²) in [4.78, 5) is 8.93. The molecule has 0 spiro atoms. The van der Waals surface area contributed by atoms with Crippen molar-refractivity contribution in [3.8, 4) is 17.1 Å². The van der Waals surface area contributed by atoms with Crippen molar-refractivity contribution in [1.82, 2.24) is 19.7 Å². The summed E-state index contributed by atoms with van der Waals surface area (Å²) >= 11 is 3.33. The van der Waals surface area contributed by atoms with Crippen LogP contribution in [-0.2, 0) is 13.0 Å². The molecule has 0 saturated heterocycles. The molecule has 1 aliphatic carbocycles. The van der Waals surface area contributed by atoms with Gasteiger partial charge in [-0.2, -0.15) is 5.10 Å².